The fraction of sp³-hybridized carbons (Fsp3) is 0.200. The molecule has 0 radical (unpaired) electrons. The molecular weight excluding hydrogens is 258 g/mol. The van der Waals surface area contributed by atoms with Crippen LogP contribution in [0.3, 0.4) is 0 Å². The van der Waals surface area contributed by atoms with Gasteiger partial charge in [-0.2, -0.15) is 0 Å². The molecule has 2 aromatic rings. The fourth-order valence-electron chi connectivity index (χ4n) is 1.67. The molecule has 1 heterocycles. The number of ether oxygens (including phenoxy) is 3. The second kappa shape index (κ2) is 6.56. The minimum Gasteiger partial charge on any atom is -0.496 e. The molecule has 5 nitrogen and oxygen atoms in total. The maximum absolute atomic E-state index is 11.9. The van der Waals surface area contributed by atoms with Crippen molar-refractivity contribution >= 4 is 5.97 Å². The largest absolute Gasteiger partial charge is 0.496 e. The highest BCUT2D eigenvalue weighted by atomic mass is 16.5. The van der Waals surface area contributed by atoms with Gasteiger partial charge in [0.15, 0.2) is 0 Å². The number of methoxy groups -OCH3 is 2. The van der Waals surface area contributed by atoms with Gasteiger partial charge in [0, 0.05) is 17.8 Å². The summed E-state index contributed by atoms with van der Waals surface area (Å²) in [5.74, 6) is 0.700. The zero-order chi connectivity index (χ0) is 14.4. The third kappa shape index (κ3) is 3.26. The summed E-state index contributed by atoms with van der Waals surface area (Å²) >= 11 is 0. The molecule has 1 aromatic heterocycles. The molecule has 0 bridgehead atoms. The van der Waals surface area contributed by atoms with E-state index < -0.39 is 5.97 Å². The molecular formula is C15H15NO4. The smallest absolute Gasteiger partial charge is 0.340 e. The van der Waals surface area contributed by atoms with Crippen molar-refractivity contribution in [1.29, 1.82) is 0 Å². The molecule has 5 heteroatoms. The first-order chi connectivity index (χ1) is 9.74. The van der Waals surface area contributed by atoms with Crippen LogP contribution in [0.15, 0.2) is 42.6 Å². The van der Waals surface area contributed by atoms with E-state index >= 15 is 0 Å². The highest BCUT2D eigenvalue weighted by Gasteiger charge is 2.10. The van der Waals surface area contributed by atoms with Crippen molar-refractivity contribution in [1.82, 2.24) is 4.98 Å². The Balaban J connectivity index is 2.01. The second-order valence-electron chi connectivity index (χ2n) is 3.98. The van der Waals surface area contributed by atoms with E-state index in [4.69, 9.17) is 14.2 Å². The fourth-order valence-corrected chi connectivity index (χ4v) is 1.67. The van der Waals surface area contributed by atoms with Crippen LogP contribution in [0.25, 0.3) is 0 Å². The molecule has 0 spiro atoms. The van der Waals surface area contributed by atoms with Crippen LogP contribution in [0.4, 0.5) is 0 Å². The van der Waals surface area contributed by atoms with E-state index in [-0.39, 0.29) is 6.61 Å². The summed E-state index contributed by atoms with van der Waals surface area (Å²) in [7, 11) is 3.09. The summed E-state index contributed by atoms with van der Waals surface area (Å²) in [5, 5.41) is 0. The zero-order valence-electron chi connectivity index (χ0n) is 11.3. The number of carbonyl (C=O) groups is 1. The normalized spacial score (nSPS) is 9.90. The lowest BCUT2D eigenvalue weighted by Crippen LogP contribution is -2.06. The first-order valence-corrected chi connectivity index (χ1v) is 6.03. The first kappa shape index (κ1) is 13.9. The highest BCUT2D eigenvalue weighted by Crippen LogP contribution is 2.18. The van der Waals surface area contributed by atoms with Crippen molar-refractivity contribution in [2.24, 2.45) is 0 Å². The van der Waals surface area contributed by atoms with Crippen molar-refractivity contribution in [3.63, 3.8) is 0 Å². The summed E-state index contributed by atoms with van der Waals surface area (Å²) in [6, 6.07) is 10.6. The molecule has 0 fully saturated rings. The van der Waals surface area contributed by atoms with Gasteiger partial charge in [0.2, 0.25) is 5.88 Å². The Kier molecular flexibility index (Phi) is 4.55. The van der Waals surface area contributed by atoms with Crippen molar-refractivity contribution in [2.75, 3.05) is 14.2 Å². The lowest BCUT2D eigenvalue weighted by molar-refractivity contribution is 0.0469. The average molecular weight is 273 g/mol. The molecule has 0 amide bonds. The number of para-hydroxylation sites is 1. The van der Waals surface area contributed by atoms with Gasteiger partial charge in [-0.15, -0.1) is 0 Å². The van der Waals surface area contributed by atoms with Crippen LogP contribution in [0.2, 0.25) is 0 Å². The molecule has 0 aliphatic carbocycles. The summed E-state index contributed by atoms with van der Waals surface area (Å²) in [5.41, 5.74) is 1.19. The molecule has 1 aromatic carbocycles. The third-order valence-corrected chi connectivity index (χ3v) is 2.73. The molecule has 0 saturated heterocycles. The maximum atomic E-state index is 11.9. The van der Waals surface area contributed by atoms with E-state index in [1.165, 1.54) is 13.3 Å². The van der Waals surface area contributed by atoms with Crippen LogP contribution in [-0.2, 0) is 11.3 Å². The van der Waals surface area contributed by atoms with Crippen molar-refractivity contribution in [3.05, 3.63) is 53.7 Å². The van der Waals surface area contributed by atoms with E-state index in [0.29, 0.717) is 17.2 Å². The van der Waals surface area contributed by atoms with Crippen molar-refractivity contribution in [2.45, 2.75) is 6.61 Å². The van der Waals surface area contributed by atoms with Crippen LogP contribution < -0.4 is 9.47 Å². The predicted molar refractivity (Wildman–Crippen MR) is 72.9 cm³/mol. The van der Waals surface area contributed by atoms with Gasteiger partial charge in [0.1, 0.15) is 12.4 Å². The van der Waals surface area contributed by atoms with Crippen LogP contribution in [0.1, 0.15) is 15.9 Å². The van der Waals surface area contributed by atoms with E-state index in [1.807, 2.05) is 24.3 Å². The number of benzene rings is 1. The summed E-state index contributed by atoms with van der Waals surface area (Å²) in [6.45, 7) is 0.148. The molecule has 0 unspecified atom stereocenters. The number of esters is 1. The van der Waals surface area contributed by atoms with Gasteiger partial charge in [-0.25, -0.2) is 9.78 Å². The van der Waals surface area contributed by atoms with Crippen LogP contribution in [-0.4, -0.2) is 25.2 Å². The Morgan fingerprint density at radius 1 is 1.10 bits per heavy atom. The Bertz CT molecular complexity index is 581. The van der Waals surface area contributed by atoms with Gasteiger partial charge < -0.3 is 14.2 Å². The number of aromatic nitrogens is 1. The van der Waals surface area contributed by atoms with Gasteiger partial charge >= 0.3 is 5.97 Å². The molecule has 2 rings (SSSR count). The maximum Gasteiger partial charge on any atom is 0.340 e. The second-order valence-corrected chi connectivity index (χ2v) is 3.98. The number of nitrogens with zero attached hydrogens (tertiary/aromatic N) is 1. The summed E-state index contributed by atoms with van der Waals surface area (Å²) in [4.78, 5) is 15.8. The number of carbonyl (C=O) groups excluding carboxylic acids is 1. The lowest BCUT2D eigenvalue weighted by atomic mass is 10.2. The third-order valence-electron chi connectivity index (χ3n) is 2.73. The van der Waals surface area contributed by atoms with E-state index in [0.717, 1.165) is 5.56 Å². The monoisotopic (exact) mass is 273 g/mol. The Morgan fingerprint density at radius 2 is 1.90 bits per heavy atom. The number of hydrogen-bond acceptors (Lipinski definition) is 5. The molecule has 0 aliphatic rings. The van der Waals surface area contributed by atoms with Gasteiger partial charge in [-0.3, -0.25) is 0 Å². The Labute approximate surface area is 117 Å². The number of pyridine rings is 1. The Hall–Kier alpha value is -2.56. The van der Waals surface area contributed by atoms with Crippen LogP contribution in [0, 0.1) is 0 Å². The number of hydrogen-bond donors (Lipinski definition) is 0. The molecule has 0 aliphatic heterocycles. The molecule has 0 saturated carbocycles. The standard InChI is InChI=1S/C15H15NO4/c1-18-13-6-4-3-5-12(13)10-20-15(17)11-7-8-14(19-2)16-9-11/h3-9H,10H2,1-2H3. The SMILES string of the molecule is COc1ccc(C(=O)OCc2ccccc2OC)cn1. The first-order valence-electron chi connectivity index (χ1n) is 6.03. The quantitative estimate of drug-likeness (QED) is 0.783. The number of rotatable bonds is 5. The Morgan fingerprint density at radius 3 is 2.55 bits per heavy atom. The van der Waals surface area contributed by atoms with Crippen molar-refractivity contribution < 1.29 is 19.0 Å². The van der Waals surface area contributed by atoms with E-state index in [9.17, 15) is 4.79 Å². The summed E-state index contributed by atoms with van der Waals surface area (Å²) in [6.07, 6.45) is 1.42. The van der Waals surface area contributed by atoms with E-state index in [1.54, 1.807) is 19.2 Å². The van der Waals surface area contributed by atoms with Gasteiger partial charge in [-0.05, 0) is 12.1 Å². The zero-order valence-corrected chi connectivity index (χ0v) is 11.3. The summed E-state index contributed by atoms with van der Waals surface area (Å²) < 4.78 is 15.4. The van der Waals surface area contributed by atoms with Crippen LogP contribution in [0.5, 0.6) is 11.6 Å². The molecule has 20 heavy (non-hydrogen) atoms. The predicted octanol–water partition coefficient (Wildman–Crippen LogP) is 2.46. The topological polar surface area (TPSA) is 57.7 Å². The molecule has 0 atom stereocenters. The minimum atomic E-state index is -0.439. The van der Waals surface area contributed by atoms with Gasteiger partial charge in [0.05, 0.1) is 19.8 Å². The highest BCUT2D eigenvalue weighted by molar-refractivity contribution is 5.89. The molecule has 104 valence electrons. The van der Waals surface area contributed by atoms with Gasteiger partial charge in [0.25, 0.3) is 0 Å². The van der Waals surface area contributed by atoms with Gasteiger partial charge in [-0.1, -0.05) is 18.2 Å². The lowest BCUT2D eigenvalue weighted by Gasteiger charge is -2.09. The van der Waals surface area contributed by atoms with Crippen LogP contribution >= 0.6 is 0 Å². The van der Waals surface area contributed by atoms with Crippen molar-refractivity contribution in [3.8, 4) is 11.6 Å². The van der Waals surface area contributed by atoms with E-state index in [2.05, 4.69) is 4.98 Å². The molecule has 0 N–H and O–H groups in total. The average Bonchev–Trinajstić information content (AvgIpc) is 2.53. The minimum absolute atomic E-state index is 0.148.